The average molecular weight is 286 g/mol. The number of nitro groups is 1. The van der Waals surface area contributed by atoms with Gasteiger partial charge in [0.1, 0.15) is 0 Å². The Balaban J connectivity index is 1.57. The van der Waals surface area contributed by atoms with E-state index < -0.39 is 16.4 Å². The van der Waals surface area contributed by atoms with Crippen molar-refractivity contribution in [2.24, 2.45) is 0 Å². The molecule has 1 saturated carbocycles. The Morgan fingerprint density at radius 3 is 2.67 bits per heavy atom. The number of nitrogens with one attached hydrogen (secondary N) is 1. The van der Waals surface area contributed by atoms with Crippen LogP contribution in [0.3, 0.4) is 0 Å². The molecule has 0 bridgehead atoms. The lowest BCUT2D eigenvalue weighted by molar-refractivity contribution is -0.387. The molecule has 0 radical (unpaired) electrons. The molecule has 5 heteroatoms. The SMILES string of the molecule is O=[N+]([O-])c1ccc(CNC2CC2c2ccccc2)cc1F. The number of hydrogen-bond acceptors (Lipinski definition) is 3. The van der Waals surface area contributed by atoms with Crippen LogP contribution in [0.2, 0.25) is 0 Å². The van der Waals surface area contributed by atoms with Gasteiger partial charge in [-0.25, -0.2) is 0 Å². The predicted molar refractivity (Wildman–Crippen MR) is 77.5 cm³/mol. The van der Waals surface area contributed by atoms with Crippen molar-refractivity contribution in [3.63, 3.8) is 0 Å². The zero-order valence-electron chi connectivity index (χ0n) is 11.3. The van der Waals surface area contributed by atoms with Crippen LogP contribution in [0.25, 0.3) is 0 Å². The summed E-state index contributed by atoms with van der Waals surface area (Å²) in [7, 11) is 0. The molecule has 0 spiro atoms. The minimum Gasteiger partial charge on any atom is -0.309 e. The lowest BCUT2D eigenvalue weighted by Gasteiger charge is -2.05. The second-order valence-electron chi connectivity index (χ2n) is 5.28. The molecule has 1 aliphatic rings. The molecule has 21 heavy (non-hydrogen) atoms. The Morgan fingerprint density at radius 2 is 2.00 bits per heavy atom. The zero-order valence-corrected chi connectivity index (χ0v) is 11.3. The lowest BCUT2D eigenvalue weighted by atomic mass is 10.1. The number of benzene rings is 2. The van der Waals surface area contributed by atoms with E-state index in [9.17, 15) is 14.5 Å². The number of hydrogen-bond donors (Lipinski definition) is 1. The van der Waals surface area contributed by atoms with Gasteiger partial charge in [0.2, 0.25) is 5.82 Å². The minimum atomic E-state index is -0.783. The molecule has 0 heterocycles. The topological polar surface area (TPSA) is 55.2 Å². The van der Waals surface area contributed by atoms with Gasteiger partial charge in [-0.3, -0.25) is 10.1 Å². The van der Waals surface area contributed by atoms with Crippen LogP contribution in [0.4, 0.5) is 10.1 Å². The van der Waals surface area contributed by atoms with E-state index in [1.54, 1.807) is 6.07 Å². The highest BCUT2D eigenvalue weighted by Crippen LogP contribution is 2.40. The van der Waals surface area contributed by atoms with Crippen molar-refractivity contribution in [3.8, 4) is 0 Å². The average Bonchev–Trinajstić information content (AvgIpc) is 3.25. The highest BCUT2D eigenvalue weighted by molar-refractivity contribution is 5.35. The maximum atomic E-state index is 13.5. The summed E-state index contributed by atoms with van der Waals surface area (Å²) in [4.78, 5) is 9.85. The summed E-state index contributed by atoms with van der Waals surface area (Å²) in [6.07, 6.45) is 1.07. The molecule has 0 amide bonds. The smallest absolute Gasteiger partial charge is 0.304 e. The van der Waals surface area contributed by atoms with Gasteiger partial charge in [0.15, 0.2) is 0 Å². The predicted octanol–water partition coefficient (Wildman–Crippen LogP) is 3.38. The largest absolute Gasteiger partial charge is 0.309 e. The van der Waals surface area contributed by atoms with Gasteiger partial charge in [-0.2, -0.15) is 4.39 Å². The van der Waals surface area contributed by atoms with Gasteiger partial charge >= 0.3 is 5.69 Å². The van der Waals surface area contributed by atoms with Gasteiger partial charge in [-0.15, -0.1) is 0 Å². The molecule has 108 valence electrons. The van der Waals surface area contributed by atoms with Crippen LogP contribution < -0.4 is 5.32 Å². The third-order valence-corrected chi connectivity index (χ3v) is 3.80. The summed E-state index contributed by atoms with van der Waals surface area (Å²) in [5, 5.41) is 13.9. The van der Waals surface area contributed by atoms with Gasteiger partial charge in [0, 0.05) is 24.6 Å². The summed E-state index contributed by atoms with van der Waals surface area (Å²) in [6, 6.07) is 14.7. The first-order valence-electron chi connectivity index (χ1n) is 6.86. The van der Waals surface area contributed by atoms with Gasteiger partial charge in [-0.05, 0) is 23.6 Å². The Bertz CT molecular complexity index is 661. The summed E-state index contributed by atoms with van der Waals surface area (Å²) in [5.41, 5.74) is 1.55. The molecule has 0 aromatic heterocycles. The Hall–Kier alpha value is -2.27. The summed E-state index contributed by atoms with van der Waals surface area (Å²) in [5.74, 6) is -0.274. The first-order valence-corrected chi connectivity index (χ1v) is 6.86. The van der Waals surface area contributed by atoms with Crippen LogP contribution in [0.15, 0.2) is 48.5 Å². The van der Waals surface area contributed by atoms with Gasteiger partial charge in [-0.1, -0.05) is 36.4 Å². The molecule has 2 aromatic rings. The van der Waals surface area contributed by atoms with Crippen LogP contribution in [0, 0.1) is 15.9 Å². The van der Waals surface area contributed by atoms with Crippen molar-refractivity contribution in [3.05, 3.63) is 75.6 Å². The molecule has 4 nitrogen and oxygen atoms in total. The number of rotatable bonds is 5. The van der Waals surface area contributed by atoms with Gasteiger partial charge in [0.05, 0.1) is 4.92 Å². The normalized spacial score (nSPS) is 20.2. The third-order valence-electron chi connectivity index (χ3n) is 3.80. The molecule has 1 aliphatic carbocycles. The Kier molecular flexibility index (Phi) is 3.66. The van der Waals surface area contributed by atoms with Crippen LogP contribution in [0.1, 0.15) is 23.5 Å². The van der Waals surface area contributed by atoms with Gasteiger partial charge < -0.3 is 5.32 Å². The van der Waals surface area contributed by atoms with Crippen LogP contribution in [-0.4, -0.2) is 11.0 Å². The van der Waals surface area contributed by atoms with Crippen LogP contribution >= 0.6 is 0 Å². The third kappa shape index (κ3) is 3.08. The molecular formula is C16H15FN2O2. The zero-order chi connectivity index (χ0) is 14.8. The second-order valence-corrected chi connectivity index (χ2v) is 5.28. The summed E-state index contributed by atoms with van der Waals surface area (Å²) >= 11 is 0. The van der Waals surface area contributed by atoms with Gasteiger partial charge in [0.25, 0.3) is 0 Å². The van der Waals surface area contributed by atoms with Crippen molar-refractivity contribution in [1.82, 2.24) is 5.32 Å². The fourth-order valence-corrected chi connectivity index (χ4v) is 2.55. The van der Waals surface area contributed by atoms with E-state index in [4.69, 9.17) is 0 Å². The Labute approximate surface area is 121 Å². The van der Waals surface area contributed by atoms with E-state index in [0.29, 0.717) is 18.5 Å². The second kappa shape index (κ2) is 5.61. The number of nitro benzene ring substituents is 1. The molecule has 2 atom stereocenters. The molecule has 0 aliphatic heterocycles. The lowest BCUT2D eigenvalue weighted by Crippen LogP contribution is -2.17. The fraction of sp³-hybridized carbons (Fsp3) is 0.250. The van der Waals surface area contributed by atoms with E-state index >= 15 is 0 Å². The molecule has 0 saturated heterocycles. The van der Waals surface area contributed by atoms with Crippen molar-refractivity contribution >= 4 is 5.69 Å². The summed E-state index contributed by atoms with van der Waals surface area (Å²) < 4.78 is 13.5. The Morgan fingerprint density at radius 1 is 1.24 bits per heavy atom. The molecule has 1 N–H and O–H groups in total. The van der Waals surface area contributed by atoms with Crippen molar-refractivity contribution in [2.75, 3.05) is 0 Å². The van der Waals surface area contributed by atoms with E-state index in [1.165, 1.54) is 17.7 Å². The fourth-order valence-electron chi connectivity index (χ4n) is 2.55. The molecule has 1 fully saturated rings. The molecular weight excluding hydrogens is 271 g/mol. The van der Waals surface area contributed by atoms with Crippen molar-refractivity contribution in [2.45, 2.75) is 24.9 Å². The van der Waals surface area contributed by atoms with Crippen molar-refractivity contribution < 1.29 is 9.31 Å². The monoisotopic (exact) mass is 286 g/mol. The quantitative estimate of drug-likeness (QED) is 0.677. The maximum absolute atomic E-state index is 13.5. The summed E-state index contributed by atoms with van der Waals surface area (Å²) in [6.45, 7) is 0.517. The van der Waals surface area contributed by atoms with E-state index in [0.717, 1.165) is 12.0 Å². The highest BCUT2D eigenvalue weighted by atomic mass is 19.1. The number of halogens is 1. The first kappa shape index (κ1) is 13.7. The van der Waals surface area contributed by atoms with Crippen LogP contribution in [0.5, 0.6) is 0 Å². The van der Waals surface area contributed by atoms with Crippen LogP contribution in [-0.2, 0) is 6.54 Å². The molecule has 3 rings (SSSR count). The highest BCUT2D eigenvalue weighted by Gasteiger charge is 2.37. The maximum Gasteiger partial charge on any atom is 0.304 e. The standard InChI is InChI=1S/C16H15FN2O2/c17-14-8-11(6-7-16(14)19(20)21)10-18-15-9-13(15)12-4-2-1-3-5-12/h1-8,13,15,18H,9-10H2. The van der Waals surface area contributed by atoms with E-state index in [2.05, 4.69) is 17.4 Å². The minimum absolute atomic E-state index is 0.394. The van der Waals surface area contributed by atoms with E-state index in [1.807, 2.05) is 18.2 Å². The molecule has 2 aromatic carbocycles. The first-order chi connectivity index (χ1) is 10.1. The molecule has 2 unspecified atom stereocenters. The van der Waals surface area contributed by atoms with E-state index in [-0.39, 0.29) is 0 Å². The van der Waals surface area contributed by atoms with Crippen molar-refractivity contribution in [1.29, 1.82) is 0 Å². The number of nitrogens with zero attached hydrogens (tertiary/aromatic N) is 1.